The number of piperidine rings is 1. The highest BCUT2D eigenvalue weighted by Crippen LogP contribution is 2.31. The van der Waals surface area contributed by atoms with Crippen LogP contribution in [0.3, 0.4) is 0 Å². The van der Waals surface area contributed by atoms with Gasteiger partial charge in [0.1, 0.15) is 5.82 Å². The number of amides is 1. The van der Waals surface area contributed by atoms with Crippen molar-refractivity contribution in [1.82, 2.24) is 19.6 Å². The highest BCUT2D eigenvalue weighted by Gasteiger charge is 2.26. The van der Waals surface area contributed by atoms with Crippen molar-refractivity contribution in [2.24, 2.45) is 5.92 Å². The first kappa shape index (κ1) is 23.4. The Kier molecular flexibility index (Phi) is 6.18. The van der Waals surface area contributed by atoms with Crippen LogP contribution in [0, 0.1) is 11.7 Å². The lowest BCUT2D eigenvalue weighted by Gasteiger charge is -2.30. The first-order chi connectivity index (χ1) is 18.1. The van der Waals surface area contributed by atoms with E-state index < -0.39 is 0 Å². The molecule has 3 heterocycles. The van der Waals surface area contributed by atoms with Crippen LogP contribution < -0.4 is 5.32 Å². The fourth-order valence-corrected chi connectivity index (χ4v) is 5.30. The second-order valence-corrected chi connectivity index (χ2v) is 9.55. The number of aryl methyl sites for hydroxylation is 1. The van der Waals surface area contributed by atoms with Crippen molar-refractivity contribution in [3.05, 3.63) is 78.4 Å². The van der Waals surface area contributed by atoms with Gasteiger partial charge in [0.05, 0.1) is 6.54 Å². The van der Waals surface area contributed by atoms with Crippen LogP contribution in [0.5, 0.6) is 0 Å². The van der Waals surface area contributed by atoms with Gasteiger partial charge in [0.15, 0.2) is 0 Å². The van der Waals surface area contributed by atoms with Crippen LogP contribution in [0.4, 0.5) is 10.1 Å². The number of para-hydroxylation sites is 1. The number of nitrogens with zero attached hydrogens (tertiary/aromatic N) is 4. The second kappa shape index (κ2) is 9.78. The van der Waals surface area contributed by atoms with Crippen molar-refractivity contribution >= 4 is 33.4 Å². The van der Waals surface area contributed by atoms with Crippen molar-refractivity contribution in [3.63, 3.8) is 0 Å². The van der Waals surface area contributed by atoms with E-state index in [4.69, 9.17) is 4.52 Å². The van der Waals surface area contributed by atoms with Gasteiger partial charge < -0.3 is 14.4 Å². The third kappa shape index (κ3) is 4.60. The largest absolute Gasteiger partial charge is 0.341 e. The maximum atomic E-state index is 13.2. The van der Waals surface area contributed by atoms with E-state index in [0.717, 1.165) is 43.5 Å². The van der Waals surface area contributed by atoms with Crippen molar-refractivity contribution in [2.75, 3.05) is 18.4 Å². The molecule has 1 aliphatic rings. The molecule has 0 aliphatic carbocycles. The molecule has 0 atom stereocenters. The number of carbonyl (C=O) groups is 1. The Hall–Kier alpha value is -4.04. The molecule has 37 heavy (non-hydrogen) atoms. The summed E-state index contributed by atoms with van der Waals surface area (Å²) < 4.78 is 20.9. The van der Waals surface area contributed by atoms with Crippen molar-refractivity contribution in [2.45, 2.75) is 32.9 Å². The Morgan fingerprint density at radius 2 is 1.78 bits per heavy atom. The number of hydrogen-bond donors (Lipinski definition) is 1. The van der Waals surface area contributed by atoms with Crippen LogP contribution in [0.15, 0.2) is 71.3 Å². The van der Waals surface area contributed by atoms with E-state index in [-0.39, 0.29) is 17.6 Å². The Bertz CT molecular complexity index is 1560. The predicted molar refractivity (Wildman–Crippen MR) is 141 cm³/mol. The van der Waals surface area contributed by atoms with Crippen molar-refractivity contribution < 1.29 is 13.7 Å². The zero-order valence-corrected chi connectivity index (χ0v) is 20.7. The van der Waals surface area contributed by atoms with Gasteiger partial charge in [-0.2, -0.15) is 4.98 Å². The molecule has 1 saturated heterocycles. The molecular formula is C29H28FN5O2. The van der Waals surface area contributed by atoms with Crippen LogP contribution in [-0.4, -0.2) is 38.6 Å². The summed E-state index contributed by atoms with van der Waals surface area (Å²) in [6, 6.07) is 20.6. The fourth-order valence-electron chi connectivity index (χ4n) is 5.30. The summed E-state index contributed by atoms with van der Waals surface area (Å²) >= 11 is 0. The normalized spacial score (nSPS) is 15.0. The first-order valence-corrected chi connectivity index (χ1v) is 12.7. The highest BCUT2D eigenvalue weighted by atomic mass is 19.1. The number of likely N-dealkylation sites (tertiary alicyclic amines) is 1. The molecule has 1 fully saturated rings. The highest BCUT2D eigenvalue weighted by molar-refractivity contribution is 6.09. The second-order valence-electron chi connectivity index (χ2n) is 9.55. The topological polar surface area (TPSA) is 76.2 Å². The summed E-state index contributed by atoms with van der Waals surface area (Å²) in [5.41, 5.74) is 3.93. The molecule has 1 aliphatic heterocycles. The van der Waals surface area contributed by atoms with Gasteiger partial charge in [-0.05, 0) is 81.4 Å². The average molecular weight is 498 g/mol. The molecule has 3 aromatic carbocycles. The molecule has 1 N–H and O–H groups in total. The smallest absolute Gasteiger partial charge is 0.241 e. The van der Waals surface area contributed by atoms with E-state index in [0.29, 0.717) is 23.8 Å². The van der Waals surface area contributed by atoms with Gasteiger partial charge in [0, 0.05) is 45.5 Å². The zero-order valence-electron chi connectivity index (χ0n) is 20.7. The lowest BCUT2D eigenvalue weighted by atomic mass is 9.95. The van der Waals surface area contributed by atoms with E-state index in [9.17, 15) is 9.18 Å². The standard InChI is InChI=1S/C29H28FN5O2/c1-2-35-25-6-4-3-5-23(25)24-17-22(11-12-26(24)35)31-29(36)20-13-15-34(16-14-20)18-27-32-28(33-37-27)19-7-9-21(30)10-8-19/h3-12,17,20H,2,13-16,18H2,1H3,(H,31,36). The molecule has 1 amide bonds. The van der Waals surface area contributed by atoms with Gasteiger partial charge in [-0.1, -0.05) is 23.4 Å². The monoisotopic (exact) mass is 497 g/mol. The van der Waals surface area contributed by atoms with E-state index in [2.05, 4.69) is 68.2 Å². The minimum Gasteiger partial charge on any atom is -0.341 e. The Balaban J connectivity index is 1.08. The van der Waals surface area contributed by atoms with E-state index >= 15 is 0 Å². The fraction of sp³-hybridized carbons (Fsp3) is 0.276. The van der Waals surface area contributed by atoms with Gasteiger partial charge in [-0.25, -0.2) is 4.39 Å². The minimum atomic E-state index is -0.302. The molecular weight excluding hydrogens is 469 g/mol. The maximum absolute atomic E-state index is 13.2. The lowest BCUT2D eigenvalue weighted by molar-refractivity contribution is -0.121. The predicted octanol–water partition coefficient (Wildman–Crippen LogP) is 5.85. The molecule has 6 rings (SSSR count). The molecule has 0 radical (unpaired) electrons. The molecule has 0 saturated carbocycles. The lowest BCUT2D eigenvalue weighted by Crippen LogP contribution is -2.37. The summed E-state index contributed by atoms with van der Waals surface area (Å²) in [5.74, 6) is 0.685. The van der Waals surface area contributed by atoms with Crippen LogP contribution in [-0.2, 0) is 17.9 Å². The summed E-state index contributed by atoms with van der Waals surface area (Å²) in [5, 5.41) is 9.53. The number of carbonyl (C=O) groups excluding carboxylic acids is 1. The number of benzene rings is 3. The third-order valence-corrected chi connectivity index (χ3v) is 7.24. The van der Waals surface area contributed by atoms with E-state index in [1.165, 1.54) is 28.6 Å². The quantitative estimate of drug-likeness (QED) is 0.318. The Morgan fingerprint density at radius 3 is 2.57 bits per heavy atom. The van der Waals surface area contributed by atoms with E-state index in [1.54, 1.807) is 12.1 Å². The van der Waals surface area contributed by atoms with Gasteiger partial charge in [0.2, 0.25) is 17.6 Å². The summed E-state index contributed by atoms with van der Waals surface area (Å²) in [6.45, 7) is 5.12. The first-order valence-electron chi connectivity index (χ1n) is 12.7. The molecule has 0 spiro atoms. The molecule has 5 aromatic rings. The minimum absolute atomic E-state index is 0.0404. The number of aromatic nitrogens is 3. The molecule has 7 nitrogen and oxygen atoms in total. The number of fused-ring (bicyclic) bond motifs is 3. The molecule has 0 bridgehead atoms. The van der Waals surface area contributed by atoms with Crippen LogP contribution >= 0.6 is 0 Å². The molecule has 8 heteroatoms. The van der Waals surface area contributed by atoms with Crippen molar-refractivity contribution in [1.29, 1.82) is 0 Å². The maximum Gasteiger partial charge on any atom is 0.241 e. The van der Waals surface area contributed by atoms with Gasteiger partial charge >= 0.3 is 0 Å². The number of rotatable bonds is 6. The van der Waals surface area contributed by atoms with Crippen LogP contribution in [0.25, 0.3) is 33.2 Å². The van der Waals surface area contributed by atoms with Gasteiger partial charge in [0.25, 0.3) is 0 Å². The summed E-state index contributed by atoms with van der Waals surface area (Å²) in [6.07, 6.45) is 1.53. The van der Waals surface area contributed by atoms with Gasteiger partial charge in [-0.3, -0.25) is 9.69 Å². The SMILES string of the molecule is CCn1c2ccccc2c2cc(NC(=O)C3CCN(Cc4nc(-c5ccc(F)cc5)no4)CC3)ccc21. The van der Waals surface area contributed by atoms with Gasteiger partial charge in [-0.15, -0.1) is 0 Å². The van der Waals surface area contributed by atoms with Crippen molar-refractivity contribution in [3.8, 4) is 11.4 Å². The summed E-state index contributed by atoms with van der Waals surface area (Å²) in [7, 11) is 0. The number of halogens is 1. The number of anilines is 1. The zero-order chi connectivity index (χ0) is 25.4. The summed E-state index contributed by atoms with van der Waals surface area (Å²) in [4.78, 5) is 19.7. The molecule has 0 unspecified atom stereocenters. The third-order valence-electron chi connectivity index (χ3n) is 7.24. The number of hydrogen-bond acceptors (Lipinski definition) is 5. The van der Waals surface area contributed by atoms with Crippen LogP contribution in [0.1, 0.15) is 25.7 Å². The molecule has 2 aromatic heterocycles. The van der Waals surface area contributed by atoms with Crippen LogP contribution in [0.2, 0.25) is 0 Å². The number of nitrogens with one attached hydrogen (secondary N) is 1. The Labute approximate surface area is 213 Å². The van der Waals surface area contributed by atoms with E-state index in [1.807, 2.05) is 6.07 Å². The molecule has 188 valence electrons. The average Bonchev–Trinajstić information content (AvgIpc) is 3.51. The Morgan fingerprint density at radius 1 is 1.03 bits per heavy atom.